The lowest BCUT2D eigenvalue weighted by Gasteiger charge is -2.16. The lowest BCUT2D eigenvalue weighted by Crippen LogP contribution is -2.35. The average molecular weight is 283 g/mol. The Morgan fingerprint density at radius 3 is 3.16 bits per heavy atom. The van der Waals surface area contributed by atoms with Gasteiger partial charge in [0.05, 0.1) is 0 Å². The van der Waals surface area contributed by atoms with Crippen molar-refractivity contribution in [2.45, 2.75) is 18.1 Å². The molecule has 19 heavy (non-hydrogen) atoms. The molecule has 2 heterocycles. The second kappa shape index (κ2) is 6.21. The van der Waals surface area contributed by atoms with Crippen molar-refractivity contribution in [3.63, 3.8) is 0 Å². The number of ether oxygens (including phenoxy) is 1. The summed E-state index contributed by atoms with van der Waals surface area (Å²) < 4.78 is 6.51. The summed E-state index contributed by atoms with van der Waals surface area (Å²) in [5, 5.41) is 0.698. The lowest BCUT2D eigenvalue weighted by molar-refractivity contribution is 0.0776. The van der Waals surface area contributed by atoms with Gasteiger partial charge in [-0.1, -0.05) is 11.8 Å². The van der Waals surface area contributed by atoms with Gasteiger partial charge in [0.1, 0.15) is 5.56 Å². The molecule has 1 aromatic heterocycles. The predicted octanol–water partition coefficient (Wildman–Crippen LogP) is 0.457. The van der Waals surface area contributed by atoms with E-state index in [0.29, 0.717) is 24.9 Å². The van der Waals surface area contributed by atoms with E-state index in [2.05, 4.69) is 4.98 Å². The van der Waals surface area contributed by atoms with E-state index in [-0.39, 0.29) is 17.0 Å². The van der Waals surface area contributed by atoms with E-state index in [9.17, 15) is 9.59 Å². The highest BCUT2D eigenvalue weighted by Gasteiger charge is 2.21. The molecule has 1 aliphatic rings. The summed E-state index contributed by atoms with van der Waals surface area (Å²) in [5.41, 5.74) is -0.0928. The molecule has 0 aromatic carbocycles. The number of hydrogen-bond acceptors (Lipinski definition) is 5. The van der Waals surface area contributed by atoms with Crippen LogP contribution >= 0.6 is 11.8 Å². The minimum atomic E-state index is -0.277. The monoisotopic (exact) mass is 283 g/mol. The lowest BCUT2D eigenvalue weighted by atomic mass is 10.3. The van der Waals surface area contributed by atoms with E-state index in [1.54, 1.807) is 18.7 Å². The van der Waals surface area contributed by atoms with E-state index in [4.69, 9.17) is 4.74 Å². The molecule has 7 heteroatoms. The second-order valence-electron chi connectivity index (χ2n) is 4.33. The highest BCUT2D eigenvalue weighted by Crippen LogP contribution is 2.20. The zero-order valence-electron chi connectivity index (χ0n) is 11.1. The number of carbonyl (C=O) groups is 1. The van der Waals surface area contributed by atoms with Gasteiger partial charge in [0.15, 0.2) is 5.16 Å². The number of amides is 1. The van der Waals surface area contributed by atoms with E-state index in [1.165, 1.54) is 22.9 Å². The molecule has 0 N–H and O–H groups in total. The Morgan fingerprint density at radius 2 is 2.42 bits per heavy atom. The summed E-state index contributed by atoms with van der Waals surface area (Å²) in [4.78, 5) is 30.1. The molecule has 0 spiro atoms. The third-order valence-corrected chi connectivity index (χ3v) is 3.95. The molecule has 0 aliphatic carbocycles. The fraction of sp³-hybridized carbons (Fsp3) is 0.583. The quantitative estimate of drug-likeness (QED) is 0.580. The molecule has 0 saturated carbocycles. The first-order valence-corrected chi connectivity index (χ1v) is 7.10. The first-order chi connectivity index (χ1) is 9.15. The van der Waals surface area contributed by atoms with Gasteiger partial charge in [-0.05, 0) is 6.42 Å². The van der Waals surface area contributed by atoms with Crippen LogP contribution in [0.25, 0.3) is 0 Å². The van der Waals surface area contributed by atoms with Crippen LogP contribution in [0.5, 0.6) is 0 Å². The van der Waals surface area contributed by atoms with Crippen LogP contribution in [0.1, 0.15) is 16.8 Å². The molecule has 0 unspecified atom stereocenters. The number of nitrogens with zero attached hydrogens (tertiary/aromatic N) is 3. The largest absolute Gasteiger partial charge is 0.385 e. The van der Waals surface area contributed by atoms with Crippen molar-refractivity contribution in [1.29, 1.82) is 0 Å². The number of hydrogen-bond donors (Lipinski definition) is 0. The van der Waals surface area contributed by atoms with Crippen LogP contribution in [0.15, 0.2) is 16.1 Å². The number of fused-ring (bicyclic) bond motifs is 1. The van der Waals surface area contributed by atoms with Gasteiger partial charge in [0.2, 0.25) is 0 Å². The van der Waals surface area contributed by atoms with Crippen LogP contribution in [0.3, 0.4) is 0 Å². The molecule has 0 fully saturated rings. The van der Waals surface area contributed by atoms with Crippen molar-refractivity contribution < 1.29 is 9.53 Å². The molecule has 1 aliphatic heterocycles. The van der Waals surface area contributed by atoms with Gasteiger partial charge in [-0.25, -0.2) is 4.98 Å². The Kier molecular flexibility index (Phi) is 4.60. The molecule has 104 valence electrons. The number of carbonyl (C=O) groups excluding carboxylic acids is 1. The van der Waals surface area contributed by atoms with Crippen molar-refractivity contribution in [2.75, 3.05) is 33.1 Å². The molecule has 1 amide bonds. The summed E-state index contributed by atoms with van der Waals surface area (Å²) in [6.45, 7) is 1.78. The zero-order valence-corrected chi connectivity index (χ0v) is 11.9. The van der Waals surface area contributed by atoms with Gasteiger partial charge in [-0.3, -0.25) is 14.2 Å². The molecule has 2 rings (SSSR count). The minimum absolute atomic E-state index is 0.145. The maximum Gasteiger partial charge on any atom is 0.267 e. The zero-order chi connectivity index (χ0) is 13.8. The van der Waals surface area contributed by atoms with Crippen LogP contribution in [0.2, 0.25) is 0 Å². The van der Waals surface area contributed by atoms with Gasteiger partial charge < -0.3 is 9.64 Å². The van der Waals surface area contributed by atoms with Crippen LogP contribution < -0.4 is 5.56 Å². The fourth-order valence-electron chi connectivity index (χ4n) is 1.92. The molecular formula is C12H17N3O3S. The minimum Gasteiger partial charge on any atom is -0.385 e. The van der Waals surface area contributed by atoms with Crippen LogP contribution in [-0.2, 0) is 11.3 Å². The number of aromatic nitrogens is 2. The topological polar surface area (TPSA) is 64.4 Å². The molecule has 6 nitrogen and oxygen atoms in total. The van der Waals surface area contributed by atoms with Crippen molar-refractivity contribution in [3.05, 3.63) is 22.1 Å². The van der Waals surface area contributed by atoms with Crippen molar-refractivity contribution in [3.8, 4) is 0 Å². The summed E-state index contributed by atoms with van der Waals surface area (Å²) in [6, 6.07) is 0. The molecule has 0 atom stereocenters. The number of thioether (sulfide) groups is 1. The molecule has 0 saturated heterocycles. The Labute approximate surface area is 115 Å². The van der Waals surface area contributed by atoms with Gasteiger partial charge in [0.25, 0.3) is 11.5 Å². The fourth-order valence-corrected chi connectivity index (χ4v) is 2.83. The maximum atomic E-state index is 12.2. The number of rotatable bonds is 5. The first kappa shape index (κ1) is 14.1. The Bertz CT molecular complexity index is 529. The third kappa shape index (κ3) is 2.98. The maximum absolute atomic E-state index is 12.2. The van der Waals surface area contributed by atoms with Gasteiger partial charge in [0, 0.05) is 45.8 Å². The van der Waals surface area contributed by atoms with E-state index >= 15 is 0 Å². The highest BCUT2D eigenvalue weighted by molar-refractivity contribution is 7.99. The van der Waals surface area contributed by atoms with Gasteiger partial charge in [-0.15, -0.1) is 0 Å². The average Bonchev–Trinajstić information content (AvgIpc) is 2.88. The second-order valence-corrected chi connectivity index (χ2v) is 5.39. The highest BCUT2D eigenvalue weighted by atomic mass is 32.2. The Balaban J connectivity index is 2.14. The Morgan fingerprint density at radius 1 is 1.63 bits per heavy atom. The van der Waals surface area contributed by atoms with Gasteiger partial charge in [-0.2, -0.15) is 0 Å². The summed E-state index contributed by atoms with van der Waals surface area (Å²) in [6.07, 6.45) is 2.13. The molecule has 0 bridgehead atoms. The third-order valence-electron chi connectivity index (χ3n) is 2.98. The first-order valence-electron chi connectivity index (χ1n) is 6.12. The van der Waals surface area contributed by atoms with Gasteiger partial charge >= 0.3 is 0 Å². The van der Waals surface area contributed by atoms with E-state index in [0.717, 1.165) is 12.2 Å². The normalized spacial score (nSPS) is 13.4. The predicted molar refractivity (Wildman–Crippen MR) is 72.7 cm³/mol. The molecule has 0 radical (unpaired) electrons. The van der Waals surface area contributed by atoms with Crippen LogP contribution in [-0.4, -0.2) is 53.4 Å². The van der Waals surface area contributed by atoms with E-state index < -0.39 is 0 Å². The summed E-state index contributed by atoms with van der Waals surface area (Å²) in [5.74, 6) is 0.560. The summed E-state index contributed by atoms with van der Waals surface area (Å²) in [7, 11) is 3.31. The smallest absolute Gasteiger partial charge is 0.267 e. The summed E-state index contributed by atoms with van der Waals surface area (Å²) >= 11 is 1.54. The van der Waals surface area contributed by atoms with Crippen molar-refractivity contribution in [1.82, 2.24) is 14.5 Å². The molecular weight excluding hydrogens is 266 g/mol. The molecule has 1 aromatic rings. The van der Waals surface area contributed by atoms with Crippen molar-refractivity contribution >= 4 is 17.7 Å². The van der Waals surface area contributed by atoms with E-state index in [1.807, 2.05) is 0 Å². The SMILES string of the molecule is COCCCN(C)C(=O)c1cnc2n(c1=O)CCS2. The standard InChI is InChI=1S/C12H17N3O3S/c1-14(4-3-6-18-2)10(16)9-8-13-12-15(11(9)17)5-7-19-12/h8H,3-7H2,1-2H3. The number of methoxy groups -OCH3 is 1. The van der Waals surface area contributed by atoms with Crippen molar-refractivity contribution in [2.24, 2.45) is 0 Å². The van der Waals surface area contributed by atoms with Crippen LogP contribution in [0, 0.1) is 0 Å². The Hall–Kier alpha value is -1.34. The van der Waals surface area contributed by atoms with Crippen LogP contribution in [0.4, 0.5) is 0 Å².